The molecule has 0 saturated carbocycles. The van der Waals surface area contributed by atoms with Gasteiger partial charge in [-0.2, -0.15) is 0 Å². The molecule has 1 aromatic heterocycles. The van der Waals surface area contributed by atoms with E-state index < -0.39 is 5.41 Å². The van der Waals surface area contributed by atoms with E-state index in [9.17, 15) is 0 Å². The third-order valence-electron chi connectivity index (χ3n) is 13.8. The van der Waals surface area contributed by atoms with Gasteiger partial charge >= 0.3 is 0 Å². The third kappa shape index (κ3) is 6.09. The monoisotopic (exact) mass is 851 g/mol. The predicted molar refractivity (Wildman–Crippen MR) is 277 cm³/mol. The van der Waals surface area contributed by atoms with E-state index in [2.05, 4.69) is 212 Å². The Balaban J connectivity index is 1.04. The highest BCUT2D eigenvalue weighted by Crippen LogP contribution is 2.57. The summed E-state index contributed by atoms with van der Waals surface area (Å²) in [5.41, 5.74) is 14.8. The van der Waals surface area contributed by atoms with Gasteiger partial charge in [-0.1, -0.05) is 237 Å². The van der Waals surface area contributed by atoms with Crippen molar-refractivity contribution < 1.29 is 0 Å². The molecule has 0 radical (unpaired) electrons. The standard InChI is InChI=1S/C64H41N3/c1-5-21-42(22-6-1)61-65-62(43-23-7-2-8-24-43)67-63(66-61)56-40-39-55(47-29-13-14-30-48(47)56)60-53-34-17-15-32-51(53)59(52-33-16-18-35-54(52)60)44-37-38-50-49-31-19-20-36-57(49)64(58(50)41-44,45-25-9-3-10-26-45)46-27-11-4-12-28-46/h1-41H. The zero-order valence-electron chi connectivity index (χ0n) is 36.5. The predicted octanol–water partition coefficient (Wildman–Crippen LogP) is 16.0. The Hall–Kier alpha value is -8.79. The summed E-state index contributed by atoms with van der Waals surface area (Å²) in [6.07, 6.45) is 0. The van der Waals surface area contributed by atoms with Crippen LogP contribution in [0.1, 0.15) is 22.3 Å². The van der Waals surface area contributed by atoms with Gasteiger partial charge in [0.1, 0.15) is 0 Å². The number of hydrogen-bond acceptors (Lipinski definition) is 3. The Labute approximate surface area is 389 Å². The number of aromatic nitrogens is 3. The molecule has 0 unspecified atom stereocenters. The van der Waals surface area contributed by atoms with Crippen LogP contribution in [0.4, 0.5) is 0 Å². The van der Waals surface area contributed by atoms with Gasteiger partial charge in [0.15, 0.2) is 17.5 Å². The molecule has 0 fully saturated rings. The summed E-state index contributed by atoms with van der Waals surface area (Å²) in [6, 6.07) is 89.8. The van der Waals surface area contributed by atoms with Gasteiger partial charge in [-0.3, -0.25) is 0 Å². The lowest BCUT2D eigenvalue weighted by Crippen LogP contribution is -2.28. The van der Waals surface area contributed by atoms with Gasteiger partial charge in [0.25, 0.3) is 0 Å². The molecule has 1 aliphatic carbocycles. The highest BCUT2D eigenvalue weighted by Gasteiger charge is 2.46. The zero-order chi connectivity index (χ0) is 44.3. The summed E-state index contributed by atoms with van der Waals surface area (Å²) >= 11 is 0. The number of nitrogens with zero attached hydrogens (tertiary/aromatic N) is 3. The van der Waals surface area contributed by atoms with Gasteiger partial charge in [0, 0.05) is 16.7 Å². The fourth-order valence-electron chi connectivity index (χ4n) is 11.0. The highest BCUT2D eigenvalue weighted by molar-refractivity contribution is 6.24. The molecule has 11 aromatic carbocycles. The lowest BCUT2D eigenvalue weighted by molar-refractivity contribution is 0.769. The molecule has 67 heavy (non-hydrogen) atoms. The van der Waals surface area contributed by atoms with Crippen molar-refractivity contribution in [2.45, 2.75) is 5.41 Å². The average molecular weight is 852 g/mol. The summed E-state index contributed by atoms with van der Waals surface area (Å²) in [7, 11) is 0. The molecule has 12 aromatic rings. The molecule has 0 aliphatic heterocycles. The maximum absolute atomic E-state index is 5.16. The second-order valence-corrected chi connectivity index (χ2v) is 17.4. The van der Waals surface area contributed by atoms with Gasteiger partial charge < -0.3 is 0 Å². The van der Waals surface area contributed by atoms with Gasteiger partial charge in [0.2, 0.25) is 0 Å². The van der Waals surface area contributed by atoms with Crippen molar-refractivity contribution in [1.82, 2.24) is 15.0 Å². The molecule has 312 valence electrons. The van der Waals surface area contributed by atoms with Crippen LogP contribution in [-0.2, 0) is 5.41 Å². The van der Waals surface area contributed by atoms with Crippen molar-refractivity contribution in [3.8, 4) is 67.5 Å². The van der Waals surface area contributed by atoms with Crippen molar-refractivity contribution in [2.75, 3.05) is 0 Å². The fraction of sp³-hybridized carbons (Fsp3) is 0.0156. The Morgan fingerprint density at radius 1 is 0.239 bits per heavy atom. The third-order valence-corrected chi connectivity index (χ3v) is 13.8. The van der Waals surface area contributed by atoms with Crippen LogP contribution in [0.5, 0.6) is 0 Å². The molecule has 1 heterocycles. The molecule has 0 spiro atoms. The van der Waals surface area contributed by atoms with Crippen LogP contribution >= 0.6 is 0 Å². The molecule has 0 amide bonds. The molecule has 0 saturated heterocycles. The van der Waals surface area contributed by atoms with E-state index in [-0.39, 0.29) is 0 Å². The Morgan fingerprint density at radius 2 is 0.627 bits per heavy atom. The highest BCUT2D eigenvalue weighted by atomic mass is 15.0. The van der Waals surface area contributed by atoms with E-state index in [0.29, 0.717) is 17.5 Å². The molecule has 3 heteroatoms. The van der Waals surface area contributed by atoms with E-state index in [1.165, 1.54) is 71.6 Å². The van der Waals surface area contributed by atoms with Crippen molar-refractivity contribution in [1.29, 1.82) is 0 Å². The number of hydrogen-bond donors (Lipinski definition) is 0. The number of benzene rings is 11. The minimum absolute atomic E-state index is 0.501. The summed E-state index contributed by atoms with van der Waals surface area (Å²) in [5.74, 6) is 1.93. The lowest BCUT2D eigenvalue weighted by atomic mass is 9.67. The maximum Gasteiger partial charge on any atom is 0.164 e. The minimum atomic E-state index is -0.501. The van der Waals surface area contributed by atoms with Crippen molar-refractivity contribution >= 4 is 32.3 Å². The van der Waals surface area contributed by atoms with Crippen LogP contribution in [0.25, 0.3) is 99.9 Å². The second kappa shape index (κ2) is 15.7. The quantitative estimate of drug-likeness (QED) is 0.150. The summed E-state index contributed by atoms with van der Waals surface area (Å²) in [4.78, 5) is 15.3. The summed E-state index contributed by atoms with van der Waals surface area (Å²) in [5, 5.41) is 7.04. The molecule has 13 rings (SSSR count). The molecular weight excluding hydrogens is 811 g/mol. The SMILES string of the molecule is c1ccc(-c2nc(-c3ccccc3)nc(-c3ccc(-c4c5ccccc5c(-c5ccc6c(c5)C(c5ccccc5)(c5ccccc5)c5ccccc5-6)c5ccccc45)c4ccccc34)n2)cc1. The van der Waals surface area contributed by atoms with Crippen molar-refractivity contribution in [3.63, 3.8) is 0 Å². The first-order chi connectivity index (χ1) is 33.3. The van der Waals surface area contributed by atoms with Crippen molar-refractivity contribution in [3.05, 3.63) is 271 Å². The fourth-order valence-corrected chi connectivity index (χ4v) is 11.0. The van der Waals surface area contributed by atoms with E-state index in [1.807, 2.05) is 36.4 Å². The molecule has 3 nitrogen and oxygen atoms in total. The maximum atomic E-state index is 5.16. The summed E-state index contributed by atoms with van der Waals surface area (Å²) < 4.78 is 0. The lowest BCUT2D eigenvalue weighted by Gasteiger charge is -2.34. The van der Waals surface area contributed by atoms with Gasteiger partial charge in [-0.15, -0.1) is 0 Å². The number of fused-ring (bicyclic) bond motifs is 6. The Bertz CT molecular complexity index is 3690. The van der Waals surface area contributed by atoms with Gasteiger partial charge in [0.05, 0.1) is 5.41 Å². The molecule has 0 bridgehead atoms. The first kappa shape index (κ1) is 38.6. The van der Waals surface area contributed by atoms with E-state index in [0.717, 1.165) is 33.0 Å². The summed E-state index contributed by atoms with van der Waals surface area (Å²) in [6.45, 7) is 0. The Morgan fingerprint density at radius 3 is 1.18 bits per heavy atom. The first-order valence-electron chi connectivity index (χ1n) is 22.9. The second-order valence-electron chi connectivity index (χ2n) is 17.4. The Kier molecular flexibility index (Phi) is 9.07. The molecule has 1 aliphatic rings. The molecular formula is C64H41N3. The minimum Gasteiger partial charge on any atom is -0.208 e. The van der Waals surface area contributed by atoms with Crippen LogP contribution in [0.2, 0.25) is 0 Å². The van der Waals surface area contributed by atoms with E-state index in [4.69, 9.17) is 15.0 Å². The zero-order valence-corrected chi connectivity index (χ0v) is 36.5. The van der Waals surface area contributed by atoms with Crippen LogP contribution < -0.4 is 0 Å². The van der Waals surface area contributed by atoms with Crippen molar-refractivity contribution in [2.24, 2.45) is 0 Å². The van der Waals surface area contributed by atoms with Crippen LogP contribution in [0, 0.1) is 0 Å². The van der Waals surface area contributed by atoms with Crippen LogP contribution in [-0.4, -0.2) is 15.0 Å². The molecule has 0 N–H and O–H groups in total. The normalized spacial score (nSPS) is 12.6. The van der Waals surface area contributed by atoms with Gasteiger partial charge in [-0.05, 0) is 100 Å². The van der Waals surface area contributed by atoms with Crippen LogP contribution in [0.15, 0.2) is 249 Å². The van der Waals surface area contributed by atoms with E-state index >= 15 is 0 Å². The number of rotatable bonds is 7. The first-order valence-corrected chi connectivity index (χ1v) is 22.9. The topological polar surface area (TPSA) is 38.7 Å². The van der Waals surface area contributed by atoms with E-state index in [1.54, 1.807) is 0 Å². The largest absolute Gasteiger partial charge is 0.208 e. The molecule has 0 atom stereocenters. The smallest absolute Gasteiger partial charge is 0.164 e. The average Bonchev–Trinajstić information content (AvgIpc) is 3.71. The van der Waals surface area contributed by atoms with Crippen LogP contribution in [0.3, 0.4) is 0 Å². The van der Waals surface area contributed by atoms with Gasteiger partial charge in [-0.25, -0.2) is 15.0 Å².